The maximum Gasteiger partial charge on any atom is 0.0935 e. The topological polar surface area (TPSA) is 46.2 Å². The number of rotatable bonds is 2. The lowest BCUT2D eigenvalue weighted by Crippen LogP contribution is -2.12. The predicted octanol–water partition coefficient (Wildman–Crippen LogP) is 2.91. The van der Waals surface area contributed by atoms with E-state index in [4.69, 9.17) is 5.73 Å². The van der Waals surface area contributed by atoms with Crippen LogP contribution in [0.15, 0.2) is 48.6 Å². The summed E-state index contributed by atoms with van der Waals surface area (Å²) in [5.74, 6) is 0. The molecule has 0 bridgehead atoms. The molecule has 0 radical (unpaired) electrons. The Kier molecular flexibility index (Phi) is 2.46. The summed E-state index contributed by atoms with van der Waals surface area (Å²) in [6.45, 7) is 3.64. The van der Waals surface area contributed by atoms with Crippen LogP contribution in [0.3, 0.4) is 0 Å². The number of hydrogen-bond acceptors (Lipinski definition) is 2. The molecule has 1 aliphatic carbocycles. The zero-order chi connectivity index (χ0) is 12.7. The van der Waals surface area contributed by atoms with Gasteiger partial charge < -0.3 is 10.8 Å². The largest absolute Gasteiger partial charge is 0.398 e. The van der Waals surface area contributed by atoms with Crippen molar-refractivity contribution in [3.05, 3.63) is 59.7 Å². The van der Waals surface area contributed by atoms with Crippen molar-refractivity contribution in [2.24, 2.45) is 0 Å². The third-order valence-electron chi connectivity index (χ3n) is 3.53. The standard InChI is InChI=1S/C16H15NO/c1-2-15(18)12-8-11-5-3-4-10-6-7-14(17)13(9-12)16(10)11/h2-7,9,15,18H,1,8,17H2. The van der Waals surface area contributed by atoms with Crippen LogP contribution in [0.5, 0.6) is 0 Å². The molecule has 2 nitrogen and oxygen atoms in total. The predicted molar refractivity (Wildman–Crippen MR) is 76.2 cm³/mol. The molecule has 0 fully saturated rings. The van der Waals surface area contributed by atoms with E-state index in [2.05, 4.69) is 18.7 Å². The minimum atomic E-state index is -0.604. The smallest absolute Gasteiger partial charge is 0.0935 e. The van der Waals surface area contributed by atoms with Crippen LogP contribution in [-0.2, 0) is 6.42 Å². The van der Waals surface area contributed by atoms with Crippen molar-refractivity contribution in [1.29, 1.82) is 0 Å². The first-order valence-corrected chi connectivity index (χ1v) is 6.02. The molecule has 1 aliphatic rings. The minimum Gasteiger partial charge on any atom is -0.398 e. The Morgan fingerprint density at radius 1 is 1.28 bits per heavy atom. The first-order valence-electron chi connectivity index (χ1n) is 6.02. The van der Waals surface area contributed by atoms with E-state index in [0.717, 1.165) is 23.2 Å². The summed E-state index contributed by atoms with van der Waals surface area (Å²) in [6.07, 6.45) is 3.70. The third kappa shape index (κ3) is 1.54. The molecule has 2 heteroatoms. The number of hydrogen-bond donors (Lipinski definition) is 2. The minimum absolute atomic E-state index is 0.604. The Hall–Kier alpha value is -2.06. The van der Waals surface area contributed by atoms with Crippen LogP contribution in [0.1, 0.15) is 11.1 Å². The fraction of sp³-hybridized carbons (Fsp3) is 0.125. The number of anilines is 1. The normalized spacial score (nSPS) is 15.3. The second-order valence-corrected chi connectivity index (χ2v) is 4.66. The van der Waals surface area contributed by atoms with Crippen molar-refractivity contribution in [2.75, 3.05) is 5.73 Å². The van der Waals surface area contributed by atoms with Gasteiger partial charge in [0.15, 0.2) is 0 Å². The van der Waals surface area contributed by atoms with Gasteiger partial charge in [-0.15, -0.1) is 6.58 Å². The number of nitrogens with two attached hydrogens (primary N) is 1. The van der Waals surface area contributed by atoms with Crippen LogP contribution < -0.4 is 5.73 Å². The first kappa shape index (κ1) is 11.1. The van der Waals surface area contributed by atoms with E-state index < -0.39 is 6.10 Å². The van der Waals surface area contributed by atoms with E-state index in [1.165, 1.54) is 16.3 Å². The molecule has 0 heterocycles. The van der Waals surface area contributed by atoms with Gasteiger partial charge in [-0.05, 0) is 40.5 Å². The van der Waals surface area contributed by atoms with E-state index >= 15 is 0 Å². The molecule has 0 saturated heterocycles. The third-order valence-corrected chi connectivity index (χ3v) is 3.53. The molecule has 3 N–H and O–H groups in total. The molecule has 0 aromatic heterocycles. The molecule has 0 saturated carbocycles. The Bertz CT molecular complexity index is 670. The maximum atomic E-state index is 9.93. The van der Waals surface area contributed by atoms with Crippen molar-refractivity contribution >= 4 is 22.5 Å². The summed E-state index contributed by atoms with van der Waals surface area (Å²) in [7, 11) is 0. The van der Waals surface area contributed by atoms with E-state index in [-0.39, 0.29) is 0 Å². The van der Waals surface area contributed by atoms with Crippen molar-refractivity contribution in [1.82, 2.24) is 0 Å². The molecule has 0 aliphatic heterocycles. The molecule has 2 aromatic carbocycles. The van der Waals surface area contributed by atoms with Gasteiger partial charge in [-0.3, -0.25) is 0 Å². The maximum absolute atomic E-state index is 9.93. The van der Waals surface area contributed by atoms with Crippen LogP contribution in [0.4, 0.5) is 5.69 Å². The second-order valence-electron chi connectivity index (χ2n) is 4.66. The average molecular weight is 237 g/mol. The highest BCUT2D eigenvalue weighted by atomic mass is 16.3. The van der Waals surface area contributed by atoms with E-state index in [1.54, 1.807) is 6.08 Å². The molecule has 3 rings (SSSR count). The molecule has 1 unspecified atom stereocenters. The Morgan fingerprint density at radius 3 is 2.89 bits per heavy atom. The average Bonchev–Trinajstić information content (AvgIpc) is 2.41. The molecule has 90 valence electrons. The van der Waals surface area contributed by atoms with E-state index in [0.29, 0.717) is 0 Å². The van der Waals surface area contributed by atoms with Crippen LogP contribution in [0, 0.1) is 0 Å². The van der Waals surface area contributed by atoms with Crippen LogP contribution in [0.2, 0.25) is 0 Å². The zero-order valence-electron chi connectivity index (χ0n) is 10.1. The van der Waals surface area contributed by atoms with Crippen LogP contribution in [-0.4, -0.2) is 11.2 Å². The molecule has 0 spiro atoms. The van der Waals surface area contributed by atoms with Gasteiger partial charge in [-0.1, -0.05) is 30.3 Å². The first-order chi connectivity index (χ1) is 8.70. The lowest BCUT2D eigenvalue weighted by molar-refractivity contribution is 0.258. The summed E-state index contributed by atoms with van der Waals surface area (Å²) in [4.78, 5) is 0. The zero-order valence-corrected chi connectivity index (χ0v) is 10.1. The summed E-state index contributed by atoms with van der Waals surface area (Å²) in [5, 5.41) is 12.3. The van der Waals surface area contributed by atoms with E-state index in [9.17, 15) is 5.11 Å². The SMILES string of the molecule is C=CC(O)C1=Cc2c(N)ccc3cccc(c23)C1. The number of aliphatic hydroxyl groups excluding tert-OH is 1. The molecule has 2 aromatic rings. The van der Waals surface area contributed by atoms with Gasteiger partial charge in [0.1, 0.15) is 0 Å². The number of benzene rings is 2. The Balaban J connectivity index is 2.31. The van der Waals surface area contributed by atoms with Crippen LogP contribution >= 0.6 is 0 Å². The van der Waals surface area contributed by atoms with Crippen molar-refractivity contribution < 1.29 is 5.11 Å². The quantitative estimate of drug-likeness (QED) is 0.623. The summed E-state index contributed by atoms with van der Waals surface area (Å²) in [5.41, 5.74) is 9.99. The van der Waals surface area contributed by atoms with Gasteiger partial charge >= 0.3 is 0 Å². The number of nitrogen functional groups attached to an aromatic ring is 1. The highest BCUT2D eigenvalue weighted by Gasteiger charge is 2.18. The Labute approximate surface area is 106 Å². The monoisotopic (exact) mass is 237 g/mol. The summed E-state index contributed by atoms with van der Waals surface area (Å²) in [6, 6.07) is 10.2. The lowest BCUT2D eigenvalue weighted by Gasteiger charge is -2.21. The summed E-state index contributed by atoms with van der Waals surface area (Å²) >= 11 is 0. The highest BCUT2D eigenvalue weighted by Crippen LogP contribution is 2.35. The van der Waals surface area contributed by atoms with Gasteiger partial charge in [0.05, 0.1) is 6.10 Å². The van der Waals surface area contributed by atoms with E-state index in [1.807, 2.05) is 24.3 Å². The summed E-state index contributed by atoms with van der Waals surface area (Å²) < 4.78 is 0. The second kappa shape index (κ2) is 4.00. The van der Waals surface area contributed by atoms with Gasteiger partial charge in [0.25, 0.3) is 0 Å². The van der Waals surface area contributed by atoms with Crippen LogP contribution in [0.25, 0.3) is 16.8 Å². The Morgan fingerprint density at radius 2 is 2.11 bits per heavy atom. The molecule has 0 amide bonds. The highest BCUT2D eigenvalue weighted by molar-refractivity contribution is 5.99. The lowest BCUT2D eigenvalue weighted by atomic mass is 9.86. The number of aliphatic hydroxyl groups is 1. The fourth-order valence-electron chi connectivity index (χ4n) is 2.60. The van der Waals surface area contributed by atoms with Gasteiger partial charge in [-0.2, -0.15) is 0 Å². The fourth-order valence-corrected chi connectivity index (χ4v) is 2.60. The van der Waals surface area contributed by atoms with Gasteiger partial charge in [0, 0.05) is 11.3 Å². The van der Waals surface area contributed by atoms with Crippen molar-refractivity contribution in [3.8, 4) is 0 Å². The van der Waals surface area contributed by atoms with Crippen molar-refractivity contribution in [2.45, 2.75) is 12.5 Å². The van der Waals surface area contributed by atoms with Crippen molar-refractivity contribution in [3.63, 3.8) is 0 Å². The molecular weight excluding hydrogens is 222 g/mol. The molecule has 1 atom stereocenters. The molecule has 18 heavy (non-hydrogen) atoms. The molecular formula is C16H15NO. The van der Waals surface area contributed by atoms with Gasteiger partial charge in [-0.25, -0.2) is 0 Å². The van der Waals surface area contributed by atoms with Gasteiger partial charge in [0.2, 0.25) is 0 Å².